The Morgan fingerprint density at radius 1 is 1.39 bits per heavy atom. The van der Waals surface area contributed by atoms with Crippen molar-refractivity contribution in [1.82, 2.24) is 5.16 Å². The lowest BCUT2D eigenvalue weighted by Crippen LogP contribution is -2.04. The number of carbonyl (C=O) groups is 1. The highest BCUT2D eigenvalue weighted by Crippen LogP contribution is 2.39. The number of nitrogens with zero attached hydrogens (tertiary/aromatic N) is 1. The minimum absolute atomic E-state index is 0.00715. The Labute approximate surface area is 104 Å². The lowest BCUT2D eigenvalue weighted by molar-refractivity contribution is -0.115. The molecule has 0 fully saturated rings. The van der Waals surface area contributed by atoms with Crippen LogP contribution in [-0.4, -0.2) is 11.1 Å². The first-order valence-electron chi connectivity index (χ1n) is 5.71. The van der Waals surface area contributed by atoms with Crippen LogP contribution in [0.3, 0.4) is 0 Å². The average molecular weight is 243 g/mol. The van der Waals surface area contributed by atoms with E-state index in [-0.39, 0.29) is 11.8 Å². The fourth-order valence-electron chi connectivity index (χ4n) is 2.35. The Bertz CT molecular complexity index is 658. The molecule has 0 unspecified atom stereocenters. The first kappa shape index (κ1) is 10.8. The van der Waals surface area contributed by atoms with Gasteiger partial charge in [0.25, 0.3) is 0 Å². The van der Waals surface area contributed by atoms with Crippen LogP contribution >= 0.6 is 0 Å². The molecule has 5 heteroatoms. The molecule has 0 saturated carbocycles. The largest absolute Gasteiger partial charge is 0.368 e. The van der Waals surface area contributed by atoms with Crippen LogP contribution in [0.2, 0.25) is 0 Å². The van der Waals surface area contributed by atoms with Crippen molar-refractivity contribution in [3.05, 3.63) is 28.8 Å². The van der Waals surface area contributed by atoms with E-state index in [1.807, 2.05) is 19.9 Å². The van der Waals surface area contributed by atoms with E-state index in [0.29, 0.717) is 12.1 Å². The summed E-state index contributed by atoms with van der Waals surface area (Å²) in [6, 6.07) is 3.71. The van der Waals surface area contributed by atoms with E-state index in [1.54, 1.807) is 6.07 Å². The lowest BCUT2D eigenvalue weighted by atomic mass is 9.95. The summed E-state index contributed by atoms with van der Waals surface area (Å²) in [7, 11) is 0. The van der Waals surface area contributed by atoms with Gasteiger partial charge in [0.2, 0.25) is 11.8 Å². The maximum atomic E-state index is 11.5. The van der Waals surface area contributed by atoms with Gasteiger partial charge in [0.15, 0.2) is 0 Å². The molecule has 0 spiro atoms. The number of hydrogen-bond acceptors (Lipinski definition) is 4. The minimum Gasteiger partial charge on any atom is -0.368 e. The molecule has 92 valence electrons. The van der Waals surface area contributed by atoms with Gasteiger partial charge >= 0.3 is 0 Å². The molecule has 1 aliphatic rings. The van der Waals surface area contributed by atoms with Gasteiger partial charge in [0.1, 0.15) is 5.69 Å². The monoisotopic (exact) mass is 243 g/mol. The van der Waals surface area contributed by atoms with Crippen LogP contribution in [-0.2, 0) is 11.2 Å². The van der Waals surface area contributed by atoms with E-state index in [0.717, 1.165) is 27.9 Å². The fraction of sp³-hybridized carbons (Fsp3) is 0.231. The molecular formula is C13H13N3O2. The van der Waals surface area contributed by atoms with Crippen molar-refractivity contribution in [2.24, 2.45) is 0 Å². The van der Waals surface area contributed by atoms with Crippen molar-refractivity contribution >= 4 is 17.5 Å². The van der Waals surface area contributed by atoms with Crippen LogP contribution in [0, 0.1) is 13.8 Å². The molecule has 2 aromatic rings. The quantitative estimate of drug-likeness (QED) is 0.803. The molecule has 1 amide bonds. The highest BCUT2D eigenvalue weighted by Gasteiger charge is 2.25. The molecule has 1 aromatic heterocycles. The van der Waals surface area contributed by atoms with Crippen molar-refractivity contribution in [2.75, 3.05) is 11.1 Å². The van der Waals surface area contributed by atoms with E-state index in [9.17, 15) is 4.79 Å². The van der Waals surface area contributed by atoms with Crippen LogP contribution in [0.15, 0.2) is 16.7 Å². The summed E-state index contributed by atoms with van der Waals surface area (Å²) in [5.41, 5.74) is 11.1. The highest BCUT2D eigenvalue weighted by molar-refractivity contribution is 6.04. The average Bonchev–Trinajstić information content (AvgIpc) is 2.86. The molecule has 0 bridgehead atoms. The van der Waals surface area contributed by atoms with E-state index in [2.05, 4.69) is 10.5 Å². The molecule has 0 radical (unpaired) electrons. The predicted octanol–water partition coefficient (Wildman–Crippen LogP) is 2.04. The third-order valence-electron chi connectivity index (χ3n) is 3.33. The number of fused-ring (bicyclic) bond motifs is 1. The molecule has 2 heterocycles. The number of aromatic nitrogens is 1. The van der Waals surface area contributed by atoms with Crippen LogP contribution < -0.4 is 11.1 Å². The first-order valence-corrected chi connectivity index (χ1v) is 5.71. The number of nitrogens with one attached hydrogen (secondary N) is 1. The van der Waals surface area contributed by atoms with E-state index >= 15 is 0 Å². The molecule has 3 N–H and O–H groups in total. The second-order valence-corrected chi connectivity index (χ2v) is 4.57. The Balaban J connectivity index is 2.28. The normalized spacial score (nSPS) is 13.6. The summed E-state index contributed by atoms with van der Waals surface area (Å²) in [6.07, 6.45) is 0.413. The van der Waals surface area contributed by atoms with Gasteiger partial charge in [-0.05, 0) is 30.5 Å². The zero-order valence-electron chi connectivity index (χ0n) is 10.2. The third kappa shape index (κ3) is 1.48. The van der Waals surface area contributed by atoms with Crippen molar-refractivity contribution in [1.29, 1.82) is 0 Å². The van der Waals surface area contributed by atoms with Gasteiger partial charge in [0.05, 0.1) is 12.1 Å². The molecule has 1 aromatic carbocycles. The van der Waals surface area contributed by atoms with Gasteiger partial charge in [-0.3, -0.25) is 4.79 Å². The maximum absolute atomic E-state index is 11.5. The van der Waals surface area contributed by atoms with Crippen molar-refractivity contribution in [3.8, 4) is 11.3 Å². The third-order valence-corrected chi connectivity index (χ3v) is 3.33. The Kier molecular flexibility index (Phi) is 2.16. The van der Waals surface area contributed by atoms with Gasteiger partial charge in [-0.25, -0.2) is 0 Å². The zero-order chi connectivity index (χ0) is 12.9. The number of nitrogens with two attached hydrogens (primary N) is 1. The molecule has 3 rings (SSSR count). The minimum atomic E-state index is 0.00715. The van der Waals surface area contributed by atoms with Gasteiger partial charge in [-0.15, -0.1) is 0 Å². The molecule has 0 aliphatic carbocycles. The number of hydrogen-bond donors (Lipinski definition) is 2. The van der Waals surface area contributed by atoms with Crippen LogP contribution in [0.5, 0.6) is 0 Å². The van der Waals surface area contributed by atoms with Crippen molar-refractivity contribution in [2.45, 2.75) is 20.3 Å². The molecule has 0 saturated heterocycles. The molecular weight excluding hydrogens is 230 g/mol. The topological polar surface area (TPSA) is 81.2 Å². The number of benzene rings is 1. The number of anilines is 2. The number of amides is 1. The summed E-state index contributed by atoms with van der Waals surface area (Å²) in [6.45, 7) is 4.02. The SMILES string of the molecule is Cc1cc2c(c(-c3cc(N)on3)c1C)NC(=O)C2. The first-order chi connectivity index (χ1) is 8.56. The molecule has 1 aliphatic heterocycles. The van der Waals surface area contributed by atoms with E-state index in [1.165, 1.54) is 0 Å². The Morgan fingerprint density at radius 2 is 2.17 bits per heavy atom. The molecule has 5 nitrogen and oxygen atoms in total. The lowest BCUT2D eigenvalue weighted by Gasteiger charge is -2.11. The van der Waals surface area contributed by atoms with E-state index in [4.69, 9.17) is 10.3 Å². The molecule has 0 atom stereocenters. The fourth-order valence-corrected chi connectivity index (χ4v) is 2.35. The van der Waals surface area contributed by atoms with Crippen LogP contribution in [0.1, 0.15) is 16.7 Å². The zero-order valence-corrected chi connectivity index (χ0v) is 10.2. The Hall–Kier alpha value is -2.30. The number of aryl methyl sites for hydroxylation is 1. The smallest absolute Gasteiger partial charge is 0.228 e. The van der Waals surface area contributed by atoms with Crippen LogP contribution in [0.25, 0.3) is 11.3 Å². The molecule has 18 heavy (non-hydrogen) atoms. The summed E-state index contributed by atoms with van der Waals surface area (Å²) >= 11 is 0. The van der Waals surface area contributed by atoms with Gasteiger partial charge in [-0.1, -0.05) is 11.2 Å². The number of nitrogen functional groups attached to an aromatic ring is 1. The second kappa shape index (κ2) is 3.60. The summed E-state index contributed by atoms with van der Waals surface area (Å²) in [5, 5.41) is 6.82. The summed E-state index contributed by atoms with van der Waals surface area (Å²) in [5.74, 6) is 0.275. The highest BCUT2D eigenvalue weighted by atomic mass is 16.5. The standard InChI is InChI=1S/C13H13N3O2/c1-6-3-8-4-11(17)15-13(8)12(7(6)2)9-5-10(14)18-16-9/h3,5H,4,14H2,1-2H3,(H,15,17). The number of rotatable bonds is 1. The van der Waals surface area contributed by atoms with Crippen molar-refractivity contribution < 1.29 is 9.32 Å². The summed E-state index contributed by atoms with van der Waals surface area (Å²) in [4.78, 5) is 11.5. The number of carbonyl (C=O) groups excluding carboxylic acids is 1. The van der Waals surface area contributed by atoms with Crippen LogP contribution in [0.4, 0.5) is 11.6 Å². The van der Waals surface area contributed by atoms with E-state index < -0.39 is 0 Å². The Morgan fingerprint density at radius 3 is 2.83 bits per heavy atom. The van der Waals surface area contributed by atoms with Gasteiger partial charge in [0, 0.05) is 11.6 Å². The maximum Gasteiger partial charge on any atom is 0.228 e. The predicted molar refractivity (Wildman–Crippen MR) is 68.2 cm³/mol. The van der Waals surface area contributed by atoms with Crippen molar-refractivity contribution in [3.63, 3.8) is 0 Å². The van der Waals surface area contributed by atoms with Gasteiger partial charge in [-0.2, -0.15) is 0 Å². The summed E-state index contributed by atoms with van der Waals surface area (Å²) < 4.78 is 4.92. The van der Waals surface area contributed by atoms with Gasteiger partial charge < -0.3 is 15.6 Å². The second-order valence-electron chi connectivity index (χ2n) is 4.57.